The Morgan fingerprint density at radius 3 is 2.35 bits per heavy atom. The molecule has 2 aliphatic rings. The van der Waals surface area contributed by atoms with Crippen molar-refractivity contribution in [2.75, 3.05) is 18.0 Å². The van der Waals surface area contributed by atoms with Crippen LogP contribution in [0, 0.1) is 5.92 Å². The highest BCUT2D eigenvalue weighted by atomic mass is 16.7. The molecule has 1 saturated heterocycles. The van der Waals surface area contributed by atoms with E-state index in [1.54, 1.807) is 42.7 Å². The Kier molecular flexibility index (Phi) is 4.08. The predicted molar refractivity (Wildman–Crippen MR) is 90.0 cm³/mol. The Bertz CT molecular complexity index is 836. The van der Waals surface area contributed by atoms with Crippen LogP contribution in [0.25, 0.3) is 0 Å². The summed E-state index contributed by atoms with van der Waals surface area (Å²) in [5.74, 6) is -1.74. The zero-order valence-electron chi connectivity index (χ0n) is 13.9. The minimum absolute atomic E-state index is 0.244. The lowest BCUT2D eigenvalue weighted by molar-refractivity contribution is -0.174. The number of hydrogen-bond donors (Lipinski definition) is 0. The van der Waals surface area contributed by atoms with Gasteiger partial charge in [0.25, 0.3) is 11.8 Å². The number of aromatic nitrogens is 2. The molecule has 0 aliphatic carbocycles. The van der Waals surface area contributed by atoms with E-state index in [-0.39, 0.29) is 11.1 Å². The molecule has 8 nitrogen and oxygen atoms in total. The number of anilines is 1. The average molecular weight is 352 g/mol. The van der Waals surface area contributed by atoms with Crippen molar-refractivity contribution < 1.29 is 19.2 Å². The van der Waals surface area contributed by atoms with Crippen molar-refractivity contribution >= 4 is 23.7 Å². The number of carbonyl (C=O) groups is 3. The van der Waals surface area contributed by atoms with E-state index in [9.17, 15) is 14.4 Å². The summed E-state index contributed by atoms with van der Waals surface area (Å²) in [6.07, 6.45) is 4.66. The Labute approximate surface area is 149 Å². The van der Waals surface area contributed by atoms with Gasteiger partial charge in [0.1, 0.15) is 0 Å². The zero-order valence-corrected chi connectivity index (χ0v) is 13.9. The highest BCUT2D eigenvalue weighted by molar-refractivity contribution is 6.20. The molecule has 0 saturated carbocycles. The van der Waals surface area contributed by atoms with Gasteiger partial charge >= 0.3 is 5.97 Å². The number of benzene rings is 1. The zero-order chi connectivity index (χ0) is 18.1. The lowest BCUT2D eigenvalue weighted by Gasteiger charge is -2.31. The van der Waals surface area contributed by atoms with E-state index in [1.807, 2.05) is 4.90 Å². The minimum atomic E-state index is -0.613. The van der Waals surface area contributed by atoms with Crippen LogP contribution >= 0.6 is 0 Å². The van der Waals surface area contributed by atoms with Crippen LogP contribution in [0.15, 0.2) is 42.7 Å². The number of hydroxylamine groups is 2. The molecule has 3 heterocycles. The highest BCUT2D eigenvalue weighted by Gasteiger charge is 2.40. The fraction of sp³-hybridized carbons (Fsp3) is 0.278. The van der Waals surface area contributed by atoms with Gasteiger partial charge in [-0.2, -0.15) is 0 Å². The molecule has 1 aromatic heterocycles. The van der Waals surface area contributed by atoms with E-state index in [2.05, 4.69) is 9.97 Å². The lowest BCUT2D eigenvalue weighted by Crippen LogP contribution is -2.43. The van der Waals surface area contributed by atoms with Gasteiger partial charge < -0.3 is 9.74 Å². The Hall–Kier alpha value is -3.29. The second-order valence-electron chi connectivity index (χ2n) is 6.19. The summed E-state index contributed by atoms with van der Waals surface area (Å²) in [6, 6.07) is 8.13. The maximum absolute atomic E-state index is 12.5. The summed E-state index contributed by atoms with van der Waals surface area (Å²) in [5.41, 5.74) is 0.488. The molecule has 0 bridgehead atoms. The summed E-state index contributed by atoms with van der Waals surface area (Å²) >= 11 is 0. The third-order valence-corrected chi connectivity index (χ3v) is 4.53. The smallest absolute Gasteiger partial charge is 0.338 e. The topological polar surface area (TPSA) is 92.7 Å². The van der Waals surface area contributed by atoms with Gasteiger partial charge in [0.15, 0.2) is 0 Å². The number of nitrogens with zero attached hydrogens (tertiary/aromatic N) is 4. The van der Waals surface area contributed by atoms with Crippen molar-refractivity contribution in [3.8, 4) is 0 Å². The number of piperidine rings is 1. The molecule has 1 fully saturated rings. The fourth-order valence-electron chi connectivity index (χ4n) is 3.22. The molecule has 0 N–H and O–H groups in total. The van der Waals surface area contributed by atoms with Crippen LogP contribution in [0.1, 0.15) is 33.6 Å². The van der Waals surface area contributed by atoms with E-state index in [4.69, 9.17) is 4.84 Å². The second-order valence-corrected chi connectivity index (χ2v) is 6.19. The molecule has 1 aromatic carbocycles. The maximum atomic E-state index is 12.5. The average Bonchev–Trinajstić information content (AvgIpc) is 2.94. The van der Waals surface area contributed by atoms with E-state index in [0.717, 1.165) is 13.0 Å². The highest BCUT2D eigenvalue weighted by Crippen LogP contribution is 2.25. The first-order chi connectivity index (χ1) is 12.6. The van der Waals surface area contributed by atoms with Crippen LogP contribution in [-0.2, 0) is 9.63 Å². The molecule has 1 unspecified atom stereocenters. The fourth-order valence-corrected chi connectivity index (χ4v) is 3.22. The molecule has 26 heavy (non-hydrogen) atoms. The molecule has 2 aliphatic heterocycles. The summed E-state index contributed by atoms with van der Waals surface area (Å²) in [5, 5.41) is 0.560. The number of fused-ring (bicyclic) bond motifs is 1. The van der Waals surface area contributed by atoms with Crippen molar-refractivity contribution in [2.24, 2.45) is 5.92 Å². The first kappa shape index (κ1) is 16.2. The molecule has 8 heteroatoms. The van der Waals surface area contributed by atoms with Crippen LogP contribution in [0.4, 0.5) is 5.95 Å². The van der Waals surface area contributed by atoms with Crippen LogP contribution in [0.5, 0.6) is 0 Å². The van der Waals surface area contributed by atoms with E-state index in [1.165, 1.54) is 0 Å². The molecule has 2 amide bonds. The monoisotopic (exact) mass is 352 g/mol. The molecule has 0 spiro atoms. The van der Waals surface area contributed by atoms with Gasteiger partial charge in [0, 0.05) is 25.5 Å². The summed E-state index contributed by atoms with van der Waals surface area (Å²) in [7, 11) is 0. The number of imide groups is 1. The first-order valence-electron chi connectivity index (χ1n) is 8.37. The Morgan fingerprint density at radius 2 is 1.69 bits per heavy atom. The molecule has 0 radical (unpaired) electrons. The maximum Gasteiger partial charge on any atom is 0.338 e. The van der Waals surface area contributed by atoms with Gasteiger partial charge in [-0.3, -0.25) is 9.59 Å². The molecular weight excluding hydrogens is 336 g/mol. The summed E-state index contributed by atoms with van der Waals surface area (Å²) in [6.45, 7) is 1.12. The van der Waals surface area contributed by atoms with Gasteiger partial charge in [-0.1, -0.05) is 17.2 Å². The van der Waals surface area contributed by atoms with Gasteiger partial charge in [-0.05, 0) is 31.0 Å². The van der Waals surface area contributed by atoms with Crippen molar-refractivity contribution in [2.45, 2.75) is 12.8 Å². The van der Waals surface area contributed by atoms with Crippen molar-refractivity contribution in [1.82, 2.24) is 15.0 Å². The third-order valence-electron chi connectivity index (χ3n) is 4.53. The summed E-state index contributed by atoms with van der Waals surface area (Å²) < 4.78 is 0. The molecule has 132 valence electrons. The van der Waals surface area contributed by atoms with Crippen LogP contribution in [-0.4, -0.2) is 45.9 Å². The number of carbonyl (C=O) groups excluding carboxylic acids is 3. The standard InChI is InChI=1S/C18H16N4O4/c23-15-13-6-1-2-7-14(13)16(24)22(15)26-17(25)12-5-3-10-21(11-12)18-19-8-4-9-20-18/h1-2,4,6-9,12H,3,5,10-11H2. The number of rotatable bonds is 3. The van der Waals surface area contributed by atoms with Crippen LogP contribution < -0.4 is 4.90 Å². The first-order valence-corrected chi connectivity index (χ1v) is 8.37. The minimum Gasteiger partial charge on any atom is -0.340 e. The van der Waals surface area contributed by atoms with Gasteiger partial charge in [0.2, 0.25) is 5.95 Å². The Balaban J connectivity index is 1.45. The molecule has 1 atom stereocenters. The SMILES string of the molecule is O=C(ON1C(=O)c2ccccc2C1=O)C1CCCN(c2ncccn2)C1. The van der Waals surface area contributed by atoms with E-state index >= 15 is 0 Å². The molecule has 2 aromatic rings. The number of amides is 2. The number of hydrogen-bond acceptors (Lipinski definition) is 7. The van der Waals surface area contributed by atoms with E-state index in [0.29, 0.717) is 24.0 Å². The summed E-state index contributed by atoms with van der Waals surface area (Å²) in [4.78, 5) is 52.6. The van der Waals surface area contributed by atoms with Crippen molar-refractivity contribution in [3.05, 3.63) is 53.9 Å². The van der Waals surface area contributed by atoms with Crippen LogP contribution in [0.2, 0.25) is 0 Å². The second kappa shape index (κ2) is 6.55. The van der Waals surface area contributed by atoms with Gasteiger partial charge in [-0.15, -0.1) is 0 Å². The lowest BCUT2D eigenvalue weighted by atomic mass is 9.99. The van der Waals surface area contributed by atoms with Crippen molar-refractivity contribution in [1.29, 1.82) is 0 Å². The molecular formula is C18H16N4O4. The third kappa shape index (κ3) is 2.79. The van der Waals surface area contributed by atoms with Crippen LogP contribution in [0.3, 0.4) is 0 Å². The largest absolute Gasteiger partial charge is 0.340 e. The van der Waals surface area contributed by atoms with Gasteiger partial charge in [-0.25, -0.2) is 14.8 Å². The van der Waals surface area contributed by atoms with Gasteiger partial charge in [0.05, 0.1) is 17.0 Å². The quantitative estimate of drug-likeness (QED) is 0.772. The van der Waals surface area contributed by atoms with E-state index < -0.39 is 23.7 Å². The predicted octanol–water partition coefficient (Wildman–Crippen LogP) is 1.45. The van der Waals surface area contributed by atoms with Crippen molar-refractivity contribution in [3.63, 3.8) is 0 Å². The molecule has 4 rings (SSSR count). The normalized spacial score (nSPS) is 19.5. The Morgan fingerprint density at radius 1 is 1.04 bits per heavy atom.